The summed E-state index contributed by atoms with van der Waals surface area (Å²) < 4.78 is 0. The monoisotopic (exact) mass is 253 g/mol. The Morgan fingerprint density at radius 2 is 2.06 bits per heavy atom. The average molecular weight is 253 g/mol. The first-order chi connectivity index (χ1) is 8.24. The quantitative estimate of drug-likeness (QED) is 0.875. The predicted molar refractivity (Wildman–Crippen MR) is 65.9 cm³/mol. The number of nitrogens with zero attached hydrogens (tertiary/aromatic N) is 3. The van der Waals surface area contributed by atoms with E-state index < -0.39 is 5.97 Å². The summed E-state index contributed by atoms with van der Waals surface area (Å²) in [6, 6.07) is 0.822. The van der Waals surface area contributed by atoms with Crippen LogP contribution in [-0.2, 0) is 0 Å². The molecule has 1 aromatic rings. The van der Waals surface area contributed by atoms with Crippen molar-refractivity contribution in [3.05, 3.63) is 11.1 Å². The number of anilines is 1. The van der Waals surface area contributed by atoms with Crippen molar-refractivity contribution in [2.24, 2.45) is 0 Å². The topological polar surface area (TPSA) is 56.7 Å². The van der Waals surface area contributed by atoms with E-state index in [0.29, 0.717) is 0 Å². The standard InChI is InChI=1S/C11H15N3O2S/c15-10(16)9-7-17-11(12-9)14-5-3-13(4-6-14)8-1-2-8/h7-8H,1-6H2,(H,15,16). The lowest BCUT2D eigenvalue weighted by Gasteiger charge is -2.34. The Labute approximate surface area is 104 Å². The summed E-state index contributed by atoms with van der Waals surface area (Å²) in [5.74, 6) is -0.941. The maximum Gasteiger partial charge on any atom is 0.355 e. The lowest BCUT2D eigenvalue weighted by molar-refractivity contribution is 0.0691. The normalized spacial score (nSPS) is 21.8. The number of carboxylic acid groups (broad SMARTS) is 1. The van der Waals surface area contributed by atoms with Crippen molar-refractivity contribution in [2.75, 3.05) is 31.1 Å². The molecule has 1 aromatic heterocycles. The van der Waals surface area contributed by atoms with Crippen LogP contribution in [0.25, 0.3) is 0 Å². The van der Waals surface area contributed by atoms with Crippen LogP contribution < -0.4 is 4.90 Å². The summed E-state index contributed by atoms with van der Waals surface area (Å²) in [5.41, 5.74) is 0.162. The van der Waals surface area contributed by atoms with Crippen molar-refractivity contribution in [3.8, 4) is 0 Å². The molecule has 0 unspecified atom stereocenters. The number of carboxylic acids is 1. The molecule has 0 radical (unpaired) electrons. The Hall–Kier alpha value is -1.14. The van der Waals surface area contributed by atoms with Crippen LogP contribution in [0.4, 0.5) is 5.13 Å². The maximum atomic E-state index is 10.8. The second kappa shape index (κ2) is 4.27. The van der Waals surface area contributed by atoms with Gasteiger partial charge in [0.25, 0.3) is 0 Å². The van der Waals surface area contributed by atoms with Crippen molar-refractivity contribution in [1.29, 1.82) is 0 Å². The van der Waals surface area contributed by atoms with Gasteiger partial charge in [0.1, 0.15) is 0 Å². The van der Waals surface area contributed by atoms with Gasteiger partial charge in [-0.25, -0.2) is 9.78 Å². The number of thiazole rings is 1. The van der Waals surface area contributed by atoms with Crippen molar-refractivity contribution < 1.29 is 9.90 Å². The average Bonchev–Trinajstić information content (AvgIpc) is 3.06. The van der Waals surface area contributed by atoms with Gasteiger partial charge in [-0.3, -0.25) is 4.90 Å². The molecule has 17 heavy (non-hydrogen) atoms. The molecule has 3 rings (SSSR count). The van der Waals surface area contributed by atoms with Crippen molar-refractivity contribution in [1.82, 2.24) is 9.88 Å². The van der Waals surface area contributed by atoms with Gasteiger partial charge in [0, 0.05) is 37.6 Å². The molecule has 1 aliphatic carbocycles. The molecule has 5 nitrogen and oxygen atoms in total. The molecule has 2 aliphatic rings. The lowest BCUT2D eigenvalue weighted by atomic mass is 10.3. The van der Waals surface area contributed by atoms with E-state index in [1.54, 1.807) is 5.38 Å². The van der Waals surface area contributed by atoms with Crippen LogP contribution in [0.1, 0.15) is 23.3 Å². The molecule has 0 atom stereocenters. The van der Waals surface area contributed by atoms with Gasteiger partial charge in [-0.15, -0.1) is 11.3 Å². The molecule has 0 bridgehead atoms. The van der Waals surface area contributed by atoms with Crippen molar-refractivity contribution in [3.63, 3.8) is 0 Å². The lowest BCUT2D eigenvalue weighted by Crippen LogP contribution is -2.47. The molecular weight excluding hydrogens is 238 g/mol. The SMILES string of the molecule is O=C(O)c1csc(N2CCN(C3CC3)CC2)n1. The summed E-state index contributed by atoms with van der Waals surface area (Å²) in [5, 5.41) is 11.3. The van der Waals surface area contributed by atoms with Crippen LogP contribution in [0.5, 0.6) is 0 Å². The number of rotatable bonds is 3. The molecule has 1 saturated heterocycles. The molecule has 0 spiro atoms. The van der Waals surface area contributed by atoms with Gasteiger partial charge >= 0.3 is 5.97 Å². The van der Waals surface area contributed by atoms with Crippen LogP contribution >= 0.6 is 11.3 Å². The van der Waals surface area contributed by atoms with Gasteiger partial charge in [-0.1, -0.05) is 0 Å². The Kier molecular flexibility index (Phi) is 2.76. The first-order valence-electron chi connectivity index (χ1n) is 5.92. The van der Waals surface area contributed by atoms with E-state index in [9.17, 15) is 4.79 Å². The maximum absolute atomic E-state index is 10.8. The zero-order valence-electron chi connectivity index (χ0n) is 9.50. The largest absolute Gasteiger partial charge is 0.476 e. The number of carbonyl (C=O) groups is 1. The third-order valence-electron chi connectivity index (χ3n) is 3.36. The summed E-state index contributed by atoms with van der Waals surface area (Å²) in [4.78, 5) is 19.6. The van der Waals surface area contributed by atoms with E-state index in [-0.39, 0.29) is 5.69 Å². The van der Waals surface area contributed by atoms with Crippen LogP contribution in [0.3, 0.4) is 0 Å². The number of aromatic carboxylic acids is 1. The predicted octanol–water partition coefficient (Wildman–Crippen LogP) is 1.13. The van der Waals surface area contributed by atoms with Crippen molar-refractivity contribution in [2.45, 2.75) is 18.9 Å². The Bertz CT molecular complexity index is 422. The van der Waals surface area contributed by atoms with Crippen LogP contribution in [0.2, 0.25) is 0 Å². The first kappa shape index (κ1) is 11.0. The van der Waals surface area contributed by atoms with Gasteiger partial charge in [-0.2, -0.15) is 0 Å². The van der Waals surface area contributed by atoms with E-state index in [0.717, 1.165) is 37.4 Å². The Morgan fingerprint density at radius 3 is 2.59 bits per heavy atom. The smallest absolute Gasteiger partial charge is 0.355 e. The highest BCUT2D eigenvalue weighted by atomic mass is 32.1. The summed E-state index contributed by atoms with van der Waals surface area (Å²) in [7, 11) is 0. The zero-order chi connectivity index (χ0) is 11.8. The summed E-state index contributed by atoms with van der Waals surface area (Å²) in [6.07, 6.45) is 2.70. The molecule has 2 heterocycles. The number of hydrogen-bond acceptors (Lipinski definition) is 5. The number of aromatic nitrogens is 1. The van der Waals surface area contributed by atoms with Gasteiger partial charge in [0.2, 0.25) is 0 Å². The molecular formula is C11H15N3O2S. The first-order valence-corrected chi connectivity index (χ1v) is 6.80. The number of piperazine rings is 1. The highest BCUT2D eigenvalue weighted by Crippen LogP contribution is 2.29. The van der Waals surface area contributed by atoms with Gasteiger partial charge in [-0.05, 0) is 12.8 Å². The van der Waals surface area contributed by atoms with Gasteiger partial charge in [0.15, 0.2) is 10.8 Å². The summed E-state index contributed by atoms with van der Waals surface area (Å²) in [6.45, 7) is 4.07. The van der Waals surface area contributed by atoms with Crippen LogP contribution in [0.15, 0.2) is 5.38 Å². The van der Waals surface area contributed by atoms with E-state index >= 15 is 0 Å². The van der Waals surface area contributed by atoms with Crippen molar-refractivity contribution >= 4 is 22.4 Å². The van der Waals surface area contributed by atoms with E-state index in [2.05, 4.69) is 14.8 Å². The third-order valence-corrected chi connectivity index (χ3v) is 4.26. The highest BCUT2D eigenvalue weighted by molar-refractivity contribution is 7.13. The van der Waals surface area contributed by atoms with E-state index in [1.807, 2.05) is 0 Å². The molecule has 1 saturated carbocycles. The van der Waals surface area contributed by atoms with Gasteiger partial charge < -0.3 is 10.0 Å². The molecule has 6 heteroatoms. The minimum atomic E-state index is -0.941. The fourth-order valence-electron chi connectivity index (χ4n) is 2.23. The fraction of sp³-hybridized carbons (Fsp3) is 0.636. The zero-order valence-corrected chi connectivity index (χ0v) is 10.3. The van der Waals surface area contributed by atoms with Crippen LogP contribution in [-0.4, -0.2) is 53.2 Å². The summed E-state index contributed by atoms with van der Waals surface area (Å²) >= 11 is 1.43. The van der Waals surface area contributed by atoms with Crippen LogP contribution in [0, 0.1) is 0 Å². The minimum absolute atomic E-state index is 0.162. The van der Waals surface area contributed by atoms with E-state index in [4.69, 9.17) is 5.11 Å². The number of hydrogen-bond donors (Lipinski definition) is 1. The molecule has 92 valence electrons. The Balaban J connectivity index is 1.62. The Morgan fingerprint density at radius 1 is 1.35 bits per heavy atom. The second-order valence-corrected chi connectivity index (χ2v) is 5.41. The minimum Gasteiger partial charge on any atom is -0.476 e. The second-order valence-electron chi connectivity index (χ2n) is 4.57. The molecule has 0 amide bonds. The molecule has 1 aliphatic heterocycles. The van der Waals surface area contributed by atoms with Gasteiger partial charge in [0.05, 0.1) is 0 Å². The van der Waals surface area contributed by atoms with E-state index in [1.165, 1.54) is 24.2 Å². The molecule has 1 N–H and O–H groups in total. The molecule has 0 aromatic carbocycles. The third kappa shape index (κ3) is 2.28. The molecule has 2 fully saturated rings. The fourth-order valence-corrected chi connectivity index (χ4v) is 3.08. The highest BCUT2D eigenvalue weighted by Gasteiger charge is 2.31.